The summed E-state index contributed by atoms with van der Waals surface area (Å²) >= 11 is 16.2. The first-order valence-corrected chi connectivity index (χ1v) is 5.09. The molecule has 3 nitrogen and oxygen atoms in total. The maximum absolute atomic E-state index is 11.4. The summed E-state index contributed by atoms with van der Waals surface area (Å²) in [5, 5.41) is 3.50. The number of hydrogen-bond acceptors (Lipinski definition) is 2. The highest BCUT2D eigenvalue weighted by Crippen LogP contribution is 2.22. The molecule has 0 saturated heterocycles. The molecule has 0 unspecified atom stereocenters. The van der Waals surface area contributed by atoms with Crippen LogP contribution < -0.4 is 5.43 Å². The number of carbonyl (C=O) groups excluding carboxylic acids is 1. The summed E-state index contributed by atoms with van der Waals surface area (Å²) in [4.78, 5) is 11.4. The topological polar surface area (TPSA) is 41.5 Å². The molecule has 0 aliphatic heterocycles. The van der Waals surface area contributed by atoms with E-state index in [1.165, 1.54) is 0 Å². The second kappa shape index (κ2) is 5.35. The quantitative estimate of drug-likeness (QED) is 0.499. The number of rotatable bonds is 2. The van der Waals surface area contributed by atoms with Crippen molar-refractivity contribution in [3.63, 3.8) is 0 Å². The maximum atomic E-state index is 11.4. The maximum Gasteiger partial charge on any atom is 0.271 e. The molecule has 0 aliphatic carbocycles. The van der Waals surface area contributed by atoms with Crippen molar-refractivity contribution in [2.75, 3.05) is 0 Å². The van der Waals surface area contributed by atoms with Crippen LogP contribution >= 0.6 is 34.8 Å². The van der Waals surface area contributed by atoms with Gasteiger partial charge in [-0.15, -0.1) is 0 Å². The minimum absolute atomic E-state index is 0.360. The van der Waals surface area contributed by atoms with Gasteiger partial charge in [-0.05, 0) is 12.1 Å². The van der Waals surface area contributed by atoms with Gasteiger partial charge in [0.1, 0.15) is 0 Å². The molecule has 0 aromatic heterocycles. The highest BCUT2D eigenvalue weighted by molar-refractivity contribution is 6.74. The highest BCUT2D eigenvalue weighted by Gasteiger charge is 2.15. The van der Waals surface area contributed by atoms with E-state index in [1.807, 2.05) is 0 Å². The third kappa shape index (κ3) is 5.02. The summed E-state index contributed by atoms with van der Waals surface area (Å²) in [5.74, 6) is -0.360. The standard InChI is InChI=1S/C9H7Cl3N2O/c10-9(11,12)6-13-14-8(15)7-4-2-1-3-5-7/h1-6H,(H,14,15). The van der Waals surface area contributed by atoms with Gasteiger partial charge in [-0.2, -0.15) is 5.10 Å². The summed E-state index contributed by atoms with van der Waals surface area (Å²) in [6, 6.07) is 8.60. The Morgan fingerprint density at radius 3 is 2.40 bits per heavy atom. The molecule has 1 rings (SSSR count). The molecule has 0 atom stereocenters. The van der Waals surface area contributed by atoms with Crippen LogP contribution in [0.4, 0.5) is 0 Å². The second-order valence-corrected chi connectivity index (χ2v) is 4.98. The van der Waals surface area contributed by atoms with Gasteiger partial charge in [0.15, 0.2) is 0 Å². The van der Waals surface area contributed by atoms with Crippen LogP contribution in [0, 0.1) is 0 Å². The van der Waals surface area contributed by atoms with Crippen molar-refractivity contribution in [3.8, 4) is 0 Å². The molecule has 0 saturated carbocycles. The fraction of sp³-hybridized carbons (Fsp3) is 0.111. The summed E-state index contributed by atoms with van der Waals surface area (Å²) in [6.07, 6.45) is 1.01. The number of alkyl halides is 3. The van der Waals surface area contributed by atoms with Crippen LogP contribution in [0.25, 0.3) is 0 Å². The molecule has 80 valence electrons. The Morgan fingerprint density at radius 1 is 1.27 bits per heavy atom. The molecule has 0 heterocycles. The third-order valence-corrected chi connectivity index (χ3v) is 1.71. The van der Waals surface area contributed by atoms with Gasteiger partial charge in [0.25, 0.3) is 5.91 Å². The van der Waals surface area contributed by atoms with Crippen molar-refractivity contribution in [1.29, 1.82) is 0 Å². The van der Waals surface area contributed by atoms with Crippen molar-refractivity contribution in [3.05, 3.63) is 35.9 Å². The second-order valence-electron chi connectivity index (χ2n) is 2.61. The zero-order chi connectivity index (χ0) is 11.3. The van der Waals surface area contributed by atoms with E-state index in [-0.39, 0.29) is 5.91 Å². The van der Waals surface area contributed by atoms with Crippen LogP contribution in [-0.2, 0) is 0 Å². The smallest absolute Gasteiger partial charge is 0.267 e. The molecule has 0 radical (unpaired) electrons. The summed E-state index contributed by atoms with van der Waals surface area (Å²) in [6.45, 7) is 0. The Hall–Kier alpha value is -0.770. The molecule has 1 N–H and O–H groups in total. The van der Waals surface area contributed by atoms with Crippen LogP contribution in [0.5, 0.6) is 0 Å². The lowest BCUT2D eigenvalue weighted by atomic mass is 10.2. The fourth-order valence-corrected chi connectivity index (χ4v) is 0.965. The van der Waals surface area contributed by atoms with E-state index in [2.05, 4.69) is 10.5 Å². The largest absolute Gasteiger partial charge is 0.271 e. The van der Waals surface area contributed by atoms with Crippen molar-refractivity contribution in [2.24, 2.45) is 5.10 Å². The molecular formula is C9H7Cl3N2O. The van der Waals surface area contributed by atoms with E-state index in [4.69, 9.17) is 34.8 Å². The Kier molecular flexibility index (Phi) is 4.39. The first kappa shape index (κ1) is 12.3. The summed E-state index contributed by atoms with van der Waals surface area (Å²) in [7, 11) is 0. The lowest BCUT2D eigenvalue weighted by Gasteiger charge is -2.02. The number of hydrazone groups is 1. The van der Waals surface area contributed by atoms with Crippen LogP contribution in [0.15, 0.2) is 35.4 Å². The third-order valence-electron chi connectivity index (χ3n) is 1.41. The molecule has 15 heavy (non-hydrogen) atoms. The number of benzene rings is 1. The number of nitrogens with one attached hydrogen (secondary N) is 1. The normalized spacial score (nSPS) is 11.7. The van der Waals surface area contributed by atoms with Gasteiger partial charge in [0, 0.05) is 5.56 Å². The van der Waals surface area contributed by atoms with Gasteiger partial charge >= 0.3 is 0 Å². The monoisotopic (exact) mass is 264 g/mol. The van der Waals surface area contributed by atoms with Gasteiger partial charge < -0.3 is 0 Å². The minimum Gasteiger partial charge on any atom is -0.267 e. The van der Waals surface area contributed by atoms with Crippen LogP contribution in [0.1, 0.15) is 10.4 Å². The van der Waals surface area contributed by atoms with E-state index in [1.54, 1.807) is 30.3 Å². The number of nitrogens with zero attached hydrogens (tertiary/aromatic N) is 1. The first-order valence-electron chi connectivity index (χ1n) is 3.95. The van der Waals surface area contributed by atoms with Crippen molar-refractivity contribution in [1.82, 2.24) is 5.43 Å². The van der Waals surface area contributed by atoms with E-state index in [9.17, 15) is 4.79 Å². The Balaban J connectivity index is 2.55. The molecule has 0 fully saturated rings. The zero-order valence-electron chi connectivity index (χ0n) is 7.45. The molecule has 1 amide bonds. The number of carbonyl (C=O) groups is 1. The van der Waals surface area contributed by atoms with E-state index in [0.29, 0.717) is 5.56 Å². The van der Waals surface area contributed by atoms with Gasteiger partial charge in [-0.25, -0.2) is 5.43 Å². The minimum atomic E-state index is -1.61. The predicted molar refractivity (Wildman–Crippen MR) is 62.7 cm³/mol. The van der Waals surface area contributed by atoms with Gasteiger partial charge in [0.05, 0.1) is 6.21 Å². The summed E-state index contributed by atoms with van der Waals surface area (Å²) < 4.78 is -1.61. The van der Waals surface area contributed by atoms with Crippen molar-refractivity contribution < 1.29 is 4.79 Å². The lowest BCUT2D eigenvalue weighted by Crippen LogP contribution is -2.19. The SMILES string of the molecule is O=C(NN=CC(Cl)(Cl)Cl)c1ccccc1. The molecule has 0 spiro atoms. The molecule has 0 aliphatic rings. The Morgan fingerprint density at radius 2 is 1.87 bits per heavy atom. The molecule has 0 bridgehead atoms. The average Bonchev–Trinajstić information content (AvgIpc) is 2.17. The van der Waals surface area contributed by atoms with Crippen molar-refractivity contribution in [2.45, 2.75) is 3.79 Å². The van der Waals surface area contributed by atoms with Gasteiger partial charge in [-0.3, -0.25) is 4.79 Å². The molecule has 1 aromatic carbocycles. The molecule has 1 aromatic rings. The van der Waals surface area contributed by atoms with Crippen molar-refractivity contribution >= 4 is 46.9 Å². The highest BCUT2D eigenvalue weighted by atomic mass is 35.6. The van der Waals surface area contributed by atoms with Gasteiger partial charge in [-0.1, -0.05) is 53.0 Å². The Bertz CT molecular complexity index is 359. The van der Waals surface area contributed by atoms with Crippen LogP contribution in [-0.4, -0.2) is 15.9 Å². The van der Waals surface area contributed by atoms with E-state index in [0.717, 1.165) is 6.21 Å². The average molecular weight is 266 g/mol. The fourth-order valence-electron chi connectivity index (χ4n) is 0.818. The van der Waals surface area contributed by atoms with Crippen LogP contribution in [0.2, 0.25) is 0 Å². The predicted octanol–water partition coefficient (Wildman–Crippen LogP) is 2.77. The molecule has 6 heteroatoms. The number of hydrogen-bond donors (Lipinski definition) is 1. The summed E-state index contributed by atoms with van der Waals surface area (Å²) in [5.41, 5.74) is 2.72. The van der Waals surface area contributed by atoms with E-state index < -0.39 is 3.79 Å². The van der Waals surface area contributed by atoms with Crippen LogP contribution in [0.3, 0.4) is 0 Å². The Labute approximate surface area is 102 Å². The number of halogens is 3. The van der Waals surface area contributed by atoms with E-state index >= 15 is 0 Å². The van der Waals surface area contributed by atoms with Gasteiger partial charge in [0.2, 0.25) is 3.79 Å². The molecular weight excluding hydrogens is 258 g/mol. The zero-order valence-corrected chi connectivity index (χ0v) is 9.72. The first-order chi connectivity index (χ1) is 6.99. The number of amides is 1. The lowest BCUT2D eigenvalue weighted by molar-refractivity contribution is 0.0955.